The van der Waals surface area contributed by atoms with Crippen LogP contribution >= 0.6 is 11.6 Å². The first-order valence-corrected chi connectivity index (χ1v) is 6.75. The van der Waals surface area contributed by atoms with E-state index in [1.54, 1.807) is 6.07 Å². The van der Waals surface area contributed by atoms with Gasteiger partial charge in [0, 0.05) is 24.2 Å². The summed E-state index contributed by atoms with van der Waals surface area (Å²) in [5.41, 5.74) is 1.83. The molecule has 0 radical (unpaired) electrons. The fourth-order valence-electron chi connectivity index (χ4n) is 2.52. The summed E-state index contributed by atoms with van der Waals surface area (Å²) in [7, 11) is 0. The first-order chi connectivity index (χ1) is 8.10. The van der Waals surface area contributed by atoms with Gasteiger partial charge in [0.15, 0.2) is 0 Å². The summed E-state index contributed by atoms with van der Waals surface area (Å²) in [6.45, 7) is 5.46. The van der Waals surface area contributed by atoms with Crippen molar-refractivity contribution in [3.8, 4) is 0 Å². The molecular formula is C14H19ClFN. The summed E-state index contributed by atoms with van der Waals surface area (Å²) in [6, 6.07) is 5.61. The van der Waals surface area contributed by atoms with Gasteiger partial charge in [0.2, 0.25) is 0 Å². The van der Waals surface area contributed by atoms with E-state index in [1.165, 1.54) is 18.9 Å². The van der Waals surface area contributed by atoms with E-state index in [0.29, 0.717) is 17.8 Å². The van der Waals surface area contributed by atoms with Crippen molar-refractivity contribution in [2.24, 2.45) is 5.92 Å². The molecule has 1 heterocycles. The molecule has 0 amide bonds. The van der Waals surface area contributed by atoms with Gasteiger partial charge in [-0.3, -0.25) is 0 Å². The number of halogens is 2. The first kappa shape index (κ1) is 12.7. The van der Waals surface area contributed by atoms with E-state index in [1.807, 2.05) is 6.07 Å². The summed E-state index contributed by atoms with van der Waals surface area (Å²) in [4.78, 5) is 2.30. The molecule has 0 bridgehead atoms. The molecule has 3 heteroatoms. The SMILES string of the molecule is CC1CCC(C)N(c2cc(F)cc(CCl)c2)C1. The van der Waals surface area contributed by atoms with Crippen LogP contribution in [0.2, 0.25) is 0 Å². The maximum absolute atomic E-state index is 13.5. The second-order valence-electron chi connectivity index (χ2n) is 5.14. The maximum Gasteiger partial charge on any atom is 0.125 e. The number of benzene rings is 1. The van der Waals surface area contributed by atoms with Gasteiger partial charge in [-0.25, -0.2) is 4.39 Å². The van der Waals surface area contributed by atoms with Gasteiger partial charge in [-0.05, 0) is 49.4 Å². The van der Waals surface area contributed by atoms with Crippen LogP contribution in [-0.4, -0.2) is 12.6 Å². The molecule has 2 unspecified atom stereocenters. The molecule has 2 atom stereocenters. The topological polar surface area (TPSA) is 3.24 Å². The van der Waals surface area contributed by atoms with Gasteiger partial charge in [0.05, 0.1) is 0 Å². The molecule has 94 valence electrons. The quantitative estimate of drug-likeness (QED) is 0.717. The van der Waals surface area contributed by atoms with Crippen molar-refractivity contribution in [2.75, 3.05) is 11.4 Å². The summed E-state index contributed by atoms with van der Waals surface area (Å²) in [6.07, 6.45) is 2.43. The predicted molar refractivity (Wildman–Crippen MR) is 71.2 cm³/mol. The zero-order valence-corrected chi connectivity index (χ0v) is 11.2. The number of nitrogens with zero attached hydrogens (tertiary/aromatic N) is 1. The predicted octanol–water partition coefficient (Wildman–Crippen LogP) is 4.19. The van der Waals surface area contributed by atoms with Crippen LogP contribution in [0.1, 0.15) is 32.3 Å². The fourth-order valence-corrected chi connectivity index (χ4v) is 2.68. The highest BCUT2D eigenvalue weighted by atomic mass is 35.5. The van der Waals surface area contributed by atoms with E-state index < -0.39 is 0 Å². The van der Waals surface area contributed by atoms with E-state index in [2.05, 4.69) is 18.7 Å². The maximum atomic E-state index is 13.5. The lowest BCUT2D eigenvalue weighted by atomic mass is 9.94. The van der Waals surface area contributed by atoms with Crippen molar-refractivity contribution in [3.05, 3.63) is 29.6 Å². The molecule has 1 aromatic rings. The highest BCUT2D eigenvalue weighted by Gasteiger charge is 2.23. The van der Waals surface area contributed by atoms with Crippen LogP contribution in [0.4, 0.5) is 10.1 Å². The van der Waals surface area contributed by atoms with Crippen molar-refractivity contribution in [3.63, 3.8) is 0 Å². The van der Waals surface area contributed by atoms with E-state index in [-0.39, 0.29) is 5.82 Å². The van der Waals surface area contributed by atoms with Crippen molar-refractivity contribution in [1.29, 1.82) is 0 Å². The lowest BCUT2D eigenvalue weighted by Crippen LogP contribution is -2.41. The minimum Gasteiger partial charge on any atom is -0.368 e. The average molecular weight is 256 g/mol. The van der Waals surface area contributed by atoms with E-state index in [0.717, 1.165) is 17.8 Å². The Morgan fingerprint density at radius 3 is 2.76 bits per heavy atom. The monoisotopic (exact) mass is 255 g/mol. The molecule has 1 aromatic carbocycles. The first-order valence-electron chi connectivity index (χ1n) is 6.22. The molecule has 1 saturated heterocycles. The molecule has 17 heavy (non-hydrogen) atoms. The number of hydrogen-bond donors (Lipinski definition) is 0. The highest BCUT2D eigenvalue weighted by molar-refractivity contribution is 6.17. The van der Waals surface area contributed by atoms with Gasteiger partial charge in [0.1, 0.15) is 5.82 Å². The normalized spacial score (nSPS) is 25.1. The van der Waals surface area contributed by atoms with Crippen LogP contribution in [0, 0.1) is 11.7 Å². The van der Waals surface area contributed by atoms with Gasteiger partial charge >= 0.3 is 0 Å². The Bertz CT molecular complexity index is 394. The molecule has 1 aliphatic heterocycles. The zero-order chi connectivity index (χ0) is 12.4. The molecule has 1 nitrogen and oxygen atoms in total. The number of rotatable bonds is 2. The molecule has 0 aromatic heterocycles. The van der Waals surface area contributed by atoms with Crippen LogP contribution in [0.25, 0.3) is 0 Å². The summed E-state index contributed by atoms with van der Waals surface area (Å²) >= 11 is 5.79. The molecule has 2 rings (SSSR count). The summed E-state index contributed by atoms with van der Waals surface area (Å²) in [5.74, 6) is 0.847. The minimum atomic E-state index is -0.191. The van der Waals surface area contributed by atoms with Crippen LogP contribution in [0.5, 0.6) is 0 Å². The molecule has 1 fully saturated rings. The van der Waals surface area contributed by atoms with Crippen LogP contribution in [0.15, 0.2) is 18.2 Å². The van der Waals surface area contributed by atoms with Crippen LogP contribution in [-0.2, 0) is 5.88 Å². The Hall–Kier alpha value is -0.760. The largest absolute Gasteiger partial charge is 0.368 e. The van der Waals surface area contributed by atoms with E-state index >= 15 is 0 Å². The zero-order valence-electron chi connectivity index (χ0n) is 10.4. The Balaban J connectivity index is 2.28. The fraction of sp³-hybridized carbons (Fsp3) is 0.571. The van der Waals surface area contributed by atoms with Crippen molar-refractivity contribution in [2.45, 2.75) is 38.6 Å². The third-order valence-corrected chi connectivity index (χ3v) is 3.85. The minimum absolute atomic E-state index is 0.191. The van der Waals surface area contributed by atoms with Crippen molar-refractivity contribution in [1.82, 2.24) is 0 Å². The highest BCUT2D eigenvalue weighted by Crippen LogP contribution is 2.29. The standard InChI is InChI=1S/C14H19ClFN/c1-10-3-4-11(2)17(9-10)14-6-12(8-15)5-13(16)7-14/h5-7,10-11H,3-4,8-9H2,1-2H3. The lowest BCUT2D eigenvalue weighted by molar-refractivity contribution is 0.390. The van der Waals surface area contributed by atoms with Gasteiger partial charge in [-0.2, -0.15) is 0 Å². The van der Waals surface area contributed by atoms with E-state index in [4.69, 9.17) is 11.6 Å². The second-order valence-corrected chi connectivity index (χ2v) is 5.40. The average Bonchev–Trinajstić information content (AvgIpc) is 2.31. The lowest BCUT2D eigenvalue weighted by Gasteiger charge is -2.38. The van der Waals surface area contributed by atoms with Gasteiger partial charge in [-0.1, -0.05) is 6.92 Å². The molecule has 0 spiro atoms. The van der Waals surface area contributed by atoms with Crippen LogP contribution < -0.4 is 4.90 Å². The molecular weight excluding hydrogens is 237 g/mol. The van der Waals surface area contributed by atoms with Crippen molar-refractivity contribution < 1.29 is 4.39 Å². The molecule has 1 aliphatic rings. The van der Waals surface area contributed by atoms with Crippen molar-refractivity contribution >= 4 is 17.3 Å². The second kappa shape index (κ2) is 5.26. The van der Waals surface area contributed by atoms with Gasteiger partial charge < -0.3 is 4.90 Å². The van der Waals surface area contributed by atoms with Gasteiger partial charge in [0.25, 0.3) is 0 Å². The number of anilines is 1. The third kappa shape index (κ3) is 2.92. The Morgan fingerprint density at radius 1 is 1.29 bits per heavy atom. The molecule has 0 aliphatic carbocycles. The number of piperidine rings is 1. The number of alkyl halides is 1. The third-order valence-electron chi connectivity index (χ3n) is 3.55. The Kier molecular flexibility index (Phi) is 3.93. The van der Waals surface area contributed by atoms with Crippen LogP contribution in [0.3, 0.4) is 0 Å². The Labute approximate surface area is 108 Å². The van der Waals surface area contributed by atoms with Gasteiger partial charge in [-0.15, -0.1) is 11.6 Å². The molecule has 0 saturated carbocycles. The summed E-state index contributed by atoms with van der Waals surface area (Å²) in [5, 5.41) is 0. The Morgan fingerprint density at radius 2 is 2.06 bits per heavy atom. The van der Waals surface area contributed by atoms with E-state index in [9.17, 15) is 4.39 Å². The number of hydrogen-bond acceptors (Lipinski definition) is 1. The molecule has 0 N–H and O–H groups in total. The smallest absolute Gasteiger partial charge is 0.125 e. The summed E-state index contributed by atoms with van der Waals surface area (Å²) < 4.78 is 13.5.